The van der Waals surface area contributed by atoms with Crippen LogP contribution >= 0.6 is 0 Å². The van der Waals surface area contributed by atoms with Crippen LogP contribution in [0.2, 0.25) is 0 Å². The van der Waals surface area contributed by atoms with Gasteiger partial charge in [-0.3, -0.25) is 4.99 Å². The van der Waals surface area contributed by atoms with Gasteiger partial charge in [-0.2, -0.15) is 0 Å². The highest BCUT2D eigenvalue weighted by Gasteiger charge is 2.30. The van der Waals surface area contributed by atoms with Gasteiger partial charge >= 0.3 is 0 Å². The molecule has 4 bridgehead atoms. The zero-order valence-corrected chi connectivity index (χ0v) is 16.0. The van der Waals surface area contributed by atoms with Gasteiger partial charge in [0.2, 0.25) is 5.88 Å². The summed E-state index contributed by atoms with van der Waals surface area (Å²) in [5.74, 6) is 0.833. The fraction of sp³-hybridized carbons (Fsp3) is 0.273. The lowest BCUT2D eigenvalue weighted by Crippen LogP contribution is -2.35. The Morgan fingerprint density at radius 1 is 1.30 bits per heavy atom. The SMILES string of the molecule is C=C/C1=C2\C=C3C(=C)NCC(C/C=C\COc4ccc(N)c1n4)C3=N2.CC. The minimum atomic E-state index is 0.297. The minimum Gasteiger partial charge on any atom is -0.473 e. The number of fused-ring (bicyclic) bond motifs is 3. The highest BCUT2D eigenvalue weighted by molar-refractivity contribution is 6.10. The molecular formula is C22H26N4O. The first-order chi connectivity index (χ1) is 13.2. The summed E-state index contributed by atoms with van der Waals surface area (Å²) in [5, 5.41) is 3.37. The van der Waals surface area contributed by atoms with E-state index in [1.165, 1.54) is 0 Å². The number of ether oxygens (including phenoxy) is 1. The van der Waals surface area contributed by atoms with Crippen LogP contribution in [-0.4, -0.2) is 23.8 Å². The Kier molecular flexibility index (Phi) is 5.60. The van der Waals surface area contributed by atoms with Gasteiger partial charge in [0.1, 0.15) is 6.61 Å². The van der Waals surface area contributed by atoms with Gasteiger partial charge in [-0.15, -0.1) is 0 Å². The van der Waals surface area contributed by atoms with Gasteiger partial charge in [0.25, 0.3) is 0 Å². The quantitative estimate of drug-likeness (QED) is 0.740. The largest absolute Gasteiger partial charge is 0.473 e. The van der Waals surface area contributed by atoms with Crippen molar-refractivity contribution in [1.82, 2.24) is 10.3 Å². The summed E-state index contributed by atoms with van der Waals surface area (Å²) < 4.78 is 5.72. The number of aliphatic imine (C=N–C) groups is 1. The minimum absolute atomic E-state index is 0.297. The standard InChI is InChI=1S/C20H20N4O.C2H6/c1-3-14-17-10-15-12(2)22-11-13(19(15)23-17)6-4-5-9-25-18-8-7-16(21)20(14)24-18;1-2/h3-5,7-8,10,13,22H,1-2,6,9,11,21H2;1-2H3/b5-4-,17-14-;. The molecule has 27 heavy (non-hydrogen) atoms. The van der Waals surface area contributed by atoms with Crippen molar-refractivity contribution in [2.75, 3.05) is 18.9 Å². The number of allylic oxidation sites excluding steroid dienone is 5. The third-order valence-electron chi connectivity index (χ3n) is 4.62. The number of nitrogens with two attached hydrogens (primary N) is 1. The molecule has 1 fully saturated rings. The Bertz CT molecular complexity index is 890. The van der Waals surface area contributed by atoms with Crippen molar-refractivity contribution in [3.63, 3.8) is 0 Å². The monoisotopic (exact) mass is 362 g/mol. The lowest BCUT2D eigenvalue weighted by Gasteiger charge is -2.26. The number of hydrogen-bond donors (Lipinski definition) is 2. The molecule has 4 heterocycles. The van der Waals surface area contributed by atoms with Gasteiger partial charge in [-0.05, 0) is 18.6 Å². The molecule has 3 aliphatic heterocycles. The van der Waals surface area contributed by atoms with Gasteiger partial charge in [0.15, 0.2) is 0 Å². The van der Waals surface area contributed by atoms with E-state index < -0.39 is 0 Å². The van der Waals surface area contributed by atoms with E-state index in [0.717, 1.165) is 41.2 Å². The molecule has 0 amide bonds. The predicted octanol–water partition coefficient (Wildman–Crippen LogP) is 4.04. The number of nitrogens with one attached hydrogen (secondary N) is 1. The van der Waals surface area contributed by atoms with Gasteiger partial charge in [-0.25, -0.2) is 4.98 Å². The normalized spacial score (nSPS) is 24.4. The van der Waals surface area contributed by atoms with Crippen LogP contribution in [0.15, 0.2) is 71.6 Å². The van der Waals surface area contributed by atoms with Gasteiger partial charge in [0.05, 0.1) is 22.8 Å². The summed E-state index contributed by atoms with van der Waals surface area (Å²) in [7, 11) is 0. The third kappa shape index (κ3) is 3.58. The van der Waals surface area contributed by atoms with E-state index >= 15 is 0 Å². The van der Waals surface area contributed by atoms with Gasteiger partial charge < -0.3 is 15.8 Å². The van der Waals surface area contributed by atoms with Crippen LogP contribution < -0.4 is 15.8 Å². The van der Waals surface area contributed by atoms with Crippen molar-refractivity contribution in [3.8, 4) is 5.88 Å². The maximum absolute atomic E-state index is 6.16. The second kappa shape index (κ2) is 8.08. The Labute approximate surface area is 160 Å². The number of aromatic nitrogens is 1. The predicted molar refractivity (Wildman–Crippen MR) is 113 cm³/mol. The number of anilines is 1. The van der Waals surface area contributed by atoms with Crippen molar-refractivity contribution in [2.45, 2.75) is 20.3 Å². The Hall–Kier alpha value is -3.08. The van der Waals surface area contributed by atoms with Crippen molar-refractivity contribution in [2.24, 2.45) is 10.9 Å². The van der Waals surface area contributed by atoms with E-state index in [2.05, 4.69) is 29.5 Å². The molecule has 1 unspecified atom stereocenters. The molecule has 1 aromatic heterocycles. The molecule has 1 atom stereocenters. The molecule has 140 valence electrons. The summed E-state index contributed by atoms with van der Waals surface area (Å²) in [6.45, 7) is 13.4. The van der Waals surface area contributed by atoms with Gasteiger partial charge in [0, 0.05) is 35.4 Å². The van der Waals surface area contributed by atoms with E-state index in [0.29, 0.717) is 29.8 Å². The molecule has 3 N–H and O–H groups in total. The first-order valence-electron chi connectivity index (χ1n) is 9.32. The van der Waals surface area contributed by atoms with Crippen LogP contribution in [0.4, 0.5) is 5.69 Å². The van der Waals surface area contributed by atoms with Crippen molar-refractivity contribution >= 4 is 17.0 Å². The summed E-state index contributed by atoms with van der Waals surface area (Å²) in [5.41, 5.74) is 12.0. The van der Waals surface area contributed by atoms with Crippen LogP contribution in [0.25, 0.3) is 5.57 Å². The van der Waals surface area contributed by atoms with Gasteiger partial charge in [-0.1, -0.05) is 45.2 Å². The molecule has 0 aliphatic carbocycles. The lowest BCUT2D eigenvalue weighted by atomic mass is 9.89. The zero-order chi connectivity index (χ0) is 19.4. The first kappa shape index (κ1) is 18.7. The second-order valence-corrected chi connectivity index (χ2v) is 6.22. The summed E-state index contributed by atoms with van der Waals surface area (Å²) in [6, 6.07) is 3.58. The van der Waals surface area contributed by atoms with E-state index in [-0.39, 0.29) is 0 Å². The topological polar surface area (TPSA) is 72.5 Å². The molecule has 5 nitrogen and oxygen atoms in total. The average Bonchev–Trinajstić information content (AvgIpc) is 3.13. The smallest absolute Gasteiger partial charge is 0.214 e. The Morgan fingerprint density at radius 3 is 2.89 bits per heavy atom. The summed E-state index contributed by atoms with van der Waals surface area (Å²) in [6.07, 6.45) is 8.83. The van der Waals surface area contributed by atoms with Crippen molar-refractivity contribution in [3.05, 3.63) is 72.3 Å². The lowest BCUT2D eigenvalue weighted by molar-refractivity contribution is 0.348. The molecule has 0 spiro atoms. The number of hydrogen-bond acceptors (Lipinski definition) is 5. The second-order valence-electron chi connectivity index (χ2n) is 6.22. The van der Waals surface area contributed by atoms with E-state index in [4.69, 9.17) is 15.5 Å². The molecule has 1 saturated heterocycles. The third-order valence-corrected chi connectivity index (χ3v) is 4.62. The Morgan fingerprint density at radius 2 is 2.11 bits per heavy atom. The maximum atomic E-state index is 6.16. The molecule has 1 aromatic rings. The number of nitrogen functional groups attached to an aromatic ring is 1. The molecular weight excluding hydrogens is 336 g/mol. The molecule has 5 heteroatoms. The van der Waals surface area contributed by atoms with E-state index in [1.807, 2.05) is 26.0 Å². The average molecular weight is 362 g/mol. The maximum Gasteiger partial charge on any atom is 0.214 e. The molecule has 0 radical (unpaired) electrons. The molecule has 4 rings (SSSR count). The zero-order valence-electron chi connectivity index (χ0n) is 16.0. The Balaban J connectivity index is 0.00000102. The highest BCUT2D eigenvalue weighted by atomic mass is 16.5. The van der Waals surface area contributed by atoms with Crippen LogP contribution in [0, 0.1) is 5.92 Å². The first-order valence-corrected chi connectivity index (χ1v) is 9.32. The molecule has 3 aliphatic rings. The van der Waals surface area contributed by atoms with Crippen molar-refractivity contribution in [1.29, 1.82) is 0 Å². The van der Waals surface area contributed by atoms with Crippen LogP contribution in [-0.2, 0) is 0 Å². The van der Waals surface area contributed by atoms with Crippen LogP contribution in [0.5, 0.6) is 5.88 Å². The summed E-state index contributed by atoms with van der Waals surface area (Å²) >= 11 is 0. The van der Waals surface area contributed by atoms with E-state index in [9.17, 15) is 0 Å². The fourth-order valence-electron chi connectivity index (χ4n) is 3.29. The van der Waals surface area contributed by atoms with E-state index in [1.54, 1.807) is 18.2 Å². The number of rotatable bonds is 1. The fourth-order valence-corrected chi connectivity index (χ4v) is 3.29. The molecule has 0 saturated carbocycles. The highest BCUT2D eigenvalue weighted by Crippen LogP contribution is 2.35. The number of pyridine rings is 1. The van der Waals surface area contributed by atoms with Crippen LogP contribution in [0.1, 0.15) is 26.0 Å². The number of piperidine rings is 1. The van der Waals surface area contributed by atoms with Crippen LogP contribution in [0.3, 0.4) is 0 Å². The molecule has 0 aromatic carbocycles. The van der Waals surface area contributed by atoms with Crippen molar-refractivity contribution < 1.29 is 4.74 Å². The summed E-state index contributed by atoms with van der Waals surface area (Å²) in [4.78, 5) is 9.46. The number of nitrogens with zero attached hydrogens (tertiary/aromatic N) is 2.